The van der Waals surface area contributed by atoms with Gasteiger partial charge in [0, 0.05) is 23.0 Å². The molecule has 0 aliphatic heterocycles. The second-order valence-electron chi connectivity index (χ2n) is 9.39. The van der Waals surface area contributed by atoms with E-state index in [0.717, 1.165) is 24.0 Å². The fourth-order valence-electron chi connectivity index (χ4n) is 3.90. The van der Waals surface area contributed by atoms with E-state index in [4.69, 9.17) is 21.1 Å². The van der Waals surface area contributed by atoms with E-state index in [0.29, 0.717) is 17.2 Å². The minimum absolute atomic E-state index is 0.120. The lowest BCUT2D eigenvalue weighted by molar-refractivity contribution is -0.157. The summed E-state index contributed by atoms with van der Waals surface area (Å²) in [6.07, 6.45) is 1.75. The van der Waals surface area contributed by atoms with Crippen molar-refractivity contribution in [3.8, 4) is 0 Å². The van der Waals surface area contributed by atoms with Crippen molar-refractivity contribution in [2.24, 2.45) is 0 Å². The zero-order chi connectivity index (χ0) is 26.0. The Morgan fingerprint density at radius 3 is 2.09 bits per heavy atom. The van der Waals surface area contributed by atoms with E-state index in [-0.39, 0.29) is 36.7 Å². The van der Waals surface area contributed by atoms with Gasteiger partial charge in [0.2, 0.25) is 0 Å². The van der Waals surface area contributed by atoms with Gasteiger partial charge < -0.3 is 14.8 Å². The van der Waals surface area contributed by atoms with Crippen LogP contribution in [0.2, 0.25) is 5.02 Å². The Morgan fingerprint density at radius 2 is 1.54 bits per heavy atom. The van der Waals surface area contributed by atoms with Crippen molar-refractivity contribution in [3.63, 3.8) is 0 Å². The number of ether oxygens (including phenoxy) is 2. The van der Waals surface area contributed by atoms with Crippen molar-refractivity contribution < 1.29 is 23.9 Å². The Bertz CT molecular complexity index is 980. The third-order valence-corrected chi connectivity index (χ3v) is 5.66. The zero-order valence-electron chi connectivity index (χ0n) is 21.2. The second kappa shape index (κ2) is 13.3. The molecule has 0 heterocycles. The lowest BCUT2D eigenvalue weighted by Gasteiger charge is -2.30. The minimum atomic E-state index is -0.621. The lowest BCUT2D eigenvalue weighted by atomic mass is 9.78. The third kappa shape index (κ3) is 9.02. The smallest absolute Gasteiger partial charge is 0.314 e. The molecule has 2 aromatic carbocycles. The minimum Gasteiger partial charge on any atom is -0.466 e. The molecule has 0 aliphatic carbocycles. The van der Waals surface area contributed by atoms with E-state index in [2.05, 4.69) is 12.2 Å². The maximum Gasteiger partial charge on any atom is 0.314 e. The average Bonchev–Trinajstić information content (AvgIpc) is 2.79. The Labute approximate surface area is 213 Å². The Hall–Kier alpha value is -2.86. The molecule has 0 saturated carbocycles. The number of halogens is 1. The van der Waals surface area contributed by atoms with Crippen molar-refractivity contribution >= 4 is 29.4 Å². The number of amides is 1. The van der Waals surface area contributed by atoms with Gasteiger partial charge in [0.1, 0.15) is 5.60 Å². The average molecular weight is 502 g/mol. The number of nitrogens with one attached hydrogen (secondary N) is 1. The maximum absolute atomic E-state index is 13.4. The molecule has 0 aliphatic rings. The molecule has 0 saturated heterocycles. The van der Waals surface area contributed by atoms with Crippen LogP contribution in [0.4, 0.5) is 0 Å². The molecule has 0 fully saturated rings. The summed E-state index contributed by atoms with van der Waals surface area (Å²) >= 11 is 6.10. The predicted octanol–water partition coefficient (Wildman–Crippen LogP) is 6.03. The molecule has 0 aromatic heterocycles. The van der Waals surface area contributed by atoms with Gasteiger partial charge in [0.15, 0.2) is 0 Å². The Balaban J connectivity index is 2.28. The van der Waals surface area contributed by atoms with Crippen molar-refractivity contribution in [1.29, 1.82) is 0 Å². The molecule has 2 rings (SSSR count). The molecule has 2 unspecified atom stereocenters. The van der Waals surface area contributed by atoms with Gasteiger partial charge in [0.05, 0.1) is 18.9 Å². The zero-order valence-corrected chi connectivity index (χ0v) is 22.0. The molecular weight excluding hydrogens is 466 g/mol. The van der Waals surface area contributed by atoms with Crippen LogP contribution in [0.3, 0.4) is 0 Å². The molecule has 7 heteroatoms. The van der Waals surface area contributed by atoms with Crippen LogP contribution in [0.25, 0.3) is 0 Å². The molecule has 2 atom stereocenters. The number of rotatable bonds is 11. The van der Waals surface area contributed by atoms with Crippen LogP contribution in [0.1, 0.15) is 87.2 Å². The van der Waals surface area contributed by atoms with Gasteiger partial charge in [0.25, 0.3) is 5.91 Å². The molecule has 6 nitrogen and oxygen atoms in total. The van der Waals surface area contributed by atoms with Crippen LogP contribution in [0.15, 0.2) is 48.5 Å². The topological polar surface area (TPSA) is 81.7 Å². The summed E-state index contributed by atoms with van der Waals surface area (Å²) in [7, 11) is 0. The molecule has 190 valence electrons. The number of esters is 2. The molecule has 1 N–H and O–H groups in total. The number of carbonyl (C=O) groups excluding carboxylic acids is 3. The number of carbonyl (C=O) groups is 3. The SMILES string of the molecule is CCCC(c1ccc(C(=O)NCCC(=O)OCC)cc1)C(C(=O)OC(C)(C)C)c1ccc(Cl)cc1. The first-order chi connectivity index (χ1) is 16.6. The van der Waals surface area contributed by atoms with Gasteiger partial charge in [-0.3, -0.25) is 14.4 Å². The lowest BCUT2D eigenvalue weighted by Crippen LogP contribution is -2.31. The quantitative estimate of drug-likeness (QED) is 0.380. The summed E-state index contributed by atoms with van der Waals surface area (Å²) < 4.78 is 10.7. The van der Waals surface area contributed by atoms with Crippen LogP contribution in [-0.4, -0.2) is 36.6 Å². The van der Waals surface area contributed by atoms with E-state index in [1.165, 1.54) is 0 Å². The van der Waals surface area contributed by atoms with Crippen molar-refractivity contribution in [3.05, 3.63) is 70.2 Å². The highest BCUT2D eigenvalue weighted by atomic mass is 35.5. The summed E-state index contributed by atoms with van der Waals surface area (Å²) in [6, 6.07) is 14.5. The molecule has 0 radical (unpaired) electrons. The fraction of sp³-hybridized carbons (Fsp3) is 0.464. The first-order valence-corrected chi connectivity index (χ1v) is 12.5. The molecule has 1 amide bonds. The summed E-state index contributed by atoms with van der Waals surface area (Å²) in [6.45, 7) is 9.90. The highest BCUT2D eigenvalue weighted by Gasteiger charge is 2.34. The number of hydrogen-bond donors (Lipinski definition) is 1. The van der Waals surface area contributed by atoms with Crippen molar-refractivity contribution in [2.45, 2.75) is 71.3 Å². The molecule has 0 bridgehead atoms. The summed E-state index contributed by atoms with van der Waals surface area (Å²) in [4.78, 5) is 37.3. The fourth-order valence-corrected chi connectivity index (χ4v) is 4.03. The van der Waals surface area contributed by atoms with E-state index >= 15 is 0 Å². The van der Waals surface area contributed by atoms with Gasteiger partial charge in [-0.05, 0) is 69.5 Å². The second-order valence-corrected chi connectivity index (χ2v) is 9.83. The largest absolute Gasteiger partial charge is 0.466 e. The normalized spacial score (nSPS) is 13.0. The van der Waals surface area contributed by atoms with Gasteiger partial charge in [-0.1, -0.05) is 49.2 Å². The molecule has 35 heavy (non-hydrogen) atoms. The van der Waals surface area contributed by atoms with Crippen LogP contribution in [-0.2, 0) is 19.1 Å². The molecule has 0 spiro atoms. The van der Waals surface area contributed by atoms with Crippen LogP contribution < -0.4 is 5.32 Å². The highest BCUT2D eigenvalue weighted by Crippen LogP contribution is 2.39. The predicted molar refractivity (Wildman–Crippen MR) is 138 cm³/mol. The van der Waals surface area contributed by atoms with E-state index in [9.17, 15) is 14.4 Å². The van der Waals surface area contributed by atoms with Crippen molar-refractivity contribution in [1.82, 2.24) is 5.32 Å². The molecular formula is C28H36ClNO5. The van der Waals surface area contributed by atoms with Crippen LogP contribution in [0, 0.1) is 0 Å². The number of hydrogen-bond acceptors (Lipinski definition) is 5. The van der Waals surface area contributed by atoms with Gasteiger partial charge in [-0.15, -0.1) is 0 Å². The van der Waals surface area contributed by atoms with E-state index < -0.39 is 11.5 Å². The standard InChI is InChI=1S/C28H36ClNO5/c1-6-8-23(25(27(33)35-28(3,4)5)20-13-15-22(29)16-14-20)19-9-11-21(12-10-19)26(32)30-18-17-24(31)34-7-2/h9-16,23,25H,6-8,17-18H2,1-5H3,(H,30,32). The van der Waals surface area contributed by atoms with Crippen LogP contribution >= 0.6 is 11.6 Å². The third-order valence-electron chi connectivity index (χ3n) is 5.41. The van der Waals surface area contributed by atoms with Gasteiger partial charge in [-0.2, -0.15) is 0 Å². The number of benzene rings is 2. The first kappa shape index (κ1) is 28.4. The Morgan fingerprint density at radius 1 is 0.943 bits per heavy atom. The van der Waals surface area contributed by atoms with E-state index in [1.807, 2.05) is 45.0 Å². The summed E-state index contributed by atoms with van der Waals surface area (Å²) in [5, 5.41) is 3.33. The molecule has 2 aromatic rings. The van der Waals surface area contributed by atoms with Crippen LogP contribution in [0.5, 0.6) is 0 Å². The van der Waals surface area contributed by atoms with E-state index in [1.54, 1.807) is 31.2 Å². The first-order valence-electron chi connectivity index (χ1n) is 12.1. The summed E-state index contributed by atoms with van der Waals surface area (Å²) in [5.74, 6) is -1.57. The highest BCUT2D eigenvalue weighted by molar-refractivity contribution is 6.30. The monoisotopic (exact) mass is 501 g/mol. The van der Waals surface area contributed by atoms with Gasteiger partial charge >= 0.3 is 11.9 Å². The Kier molecular flexibility index (Phi) is 10.8. The van der Waals surface area contributed by atoms with Crippen molar-refractivity contribution in [2.75, 3.05) is 13.2 Å². The maximum atomic E-state index is 13.4. The summed E-state index contributed by atoms with van der Waals surface area (Å²) in [5.41, 5.74) is 1.64. The van der Waals surface area contributed by atoms with Gasteiger partial charge in [-0.25, -0.2) is 0 Å².